The third kappa shape index (κ3) is 2.46. The molecule has 5 nitrogen and oxygen atoms in total. The molecule has 5 heteroatoms. The number of hydrogen-bond donors (Lipinski definition) is 0. The molecule has 4 rings (SSSR count). The molecule has 2 saturated heterocycles. The Hall–Kier alpha value is -2.01. The topological polar surface area (TPSA) is 45.2 Å². The molecule has 2 aromatic heterocycles. The van der Waals surface area contributed by atoms with E-state index in [0.717, 1.165) is 36.8 Å². The third-order valence-corrected chi connectivity index (χ3v) is 4.86. The predicted molar refractivity (Wildman–Crippen MR) is 85.6 cm³/mol. The second kappa shape index (κ2) is 5.65. The molecule has 0 aromatic carbocycles. The maximum Gasteiger partial charge on any atom is 0.151 e. The summed E-state index contributed by atoms with van der Waals surface area (Å²) in [6, 6.07) is 11.5. The second-order valence-electron chi connectivity index (χ2n) is 6.23. The van der Waals surface area contributed by atoms with E-state index in [9.17, 15) is 0 Å². The summed E-state index contributed by atoms with van der Waals surface area (Å²) in [5.74, 6) is 1.03. The molecule has 0 saturated carbocycles. The lowest BCUT2D eigenvalue weighted by Crippen LogP contribution is -2.36. The van der Waals surface area contributed by atoms with E-state index >= 15 is 0 Å². The number of aromatic nitrogens is 3. The normalized spacial score (nSPS) is 24.7. The van der Waals surface area contributed by atoms with Crippen LogP contribution in [-0.4, -0.2) is 45.3 Å². The highest BCUT2D eigenvalue weighted by Crippen LogP contribution is 2.34. The van der Waals surface area contributed by atoms with Crippen LogP contribution < -0.4 is 4.90 Å². The second-order valence-corrected chi connectivity index (χ2v) is 6.23. The lowest BCUT2D eigenvalue weighted by molar-refractivity contribution is 0.243. The van der Waals surface area contributed by atoms with Gasteiger partial charge in [-0.05, 0) is 44.0 Å². The largest absolute Gasteiger partial charge is 0.350 e. The Morgan fingerprint density at radius 2 is 1.95 bits per heavy atom. The monoisotopic (exact) mass is 295 g/mol. The van der Waals surface area contributed by atoms with E-state index in [2.05, 4.69) is 49.2 Å². The smallest absolute Gasteiger partial charge is 0.151 e. The predicted octanol–water partition coefficient (Wildman–Crippen LogP) is 2.03. The van der Waals surface area contributed by atoms with Gasteiger partial charge in [-0.15, -0.1) is 5.10 Å². The van der Waals surface area contributed by atoms with Gasteiger partial charge in [0.2, 0.25) is 0 Å². The van der Waals surface area contributed by atoms with Crippen LogP contribution in [0.25, 0.3) is 0 Å². The highest BCUT2D eigenvalue weighted by atomic mass is 15.4. The van der Waals surface area contributed by atoms with Crippen molar-refractivity contribution in [1.29, 1.82) is 0 Å². The molecule has 0 radical (unpaired) electrons. The zero-order valence-electron chi connectivity index (χ0n) is 12.9. The molecular formula is C17H21N5. The molecule has 0 amide bonds. The minimum absolute atomic E-state index is 0.570. The van der Waals surface area contributed by atoms with Crippen molar-refractivity contribution in [3.05, 3.63) is 47.9 Å². The standard InChI is InChI=1S/C17H21N5/c1-13-5-6-17(20-19-13)22-11-8-15-16(22)7-10-21(15)12-14-4-2-3-9-18-14/h2-6,9,15-16H,7-8,10-12H2,1H3/t15-,16+/m1/s1. The van der Waals surface area contributed by atoms with Crippen molar-refractivity contribution >= 4 is 5.82 Å². The number of aryl methyl sites for hydroxylation is 1. The first-order valence-corrected chi connectivity index (χ1v) is 8.02. The minimum Gasteiger partial charge on any atom is -0.350 e. The zero-order chi connectivity index (χ0) is 14.9. The Kier molecular flexibility index (Phi) is 3.50. The SMILES string of the molecule is Cc1ccc(N2CC[C@@H]3[C@@H]2CCN3Cc2ccccn2)nn1. The molecule has 114 valence electrons. The lowest BCUT2D eigenvalue weighted by atomic mass is 10.1. The van der Waals surface area contributed by atoms with E-state index in [1.807, 2.05) is 19.2 Å². The van der Waals surface area contributed by atoms with Crippen LogP contribution in [0, 0.1) is 6.92 Å². The van der Waals surface area contributed by atoms with Crippen LogP contribution in [0.5, 0.6) is 0 Å². The highest BCUT2D eigenvalue weighted by molar-refractivity contribution is 5.42. The maximum atomic E-state index is 4.47. The molecule has 0 aliphatic carbocycles. The van der Waals surface area contributed by atoms with Crippen LogP contribution in [0.2, 0.25) is 0 Å². The van der Waals surface area contributed by atoms with E-state index in [-0.39, 0.29) is 0 Å². The average molecular weight is 295 g/mol. The molecule has 2 aliphatic rings. The van der Waals surface area contributed by atoms with Crippen molar-refractivity contribution in [3.8, 4) is 0 Å². The molecule has 4 heterocycles. The molecule has 2 aromatic rings. The molecule has 2 aliphatic heterocycles. The van der Waals surface area contributed by atoms with E-state index in [0.29, 0.717) is 12.1 Å². The average Bonchev–Trinajstić information content (AvgIpc) is 3.13. The summed E-state index contributed by atoms with van der Waals surface area (Å²) in [7, 11) is 0. The minimum atomic E-state index is 0.570. The van der Waals surface area contributed by atoms with Crippen LogP contribution >= 0.6 is 0 Å². The van der Waals surface area contributed by atoms with Gasteiger partial charge in [0.25, 0.3) is 0 Å². The molecule has 0 unspecified atom stereocenters. The van der Waals surface area contributed by atoms with Gasteiger partial charge in [0, 0.05) is 37.9 Å². The summed E-state index contributed by atoms with van der Waals surface area (Å²) in [5, 5.41) is 8.58. The van der Waals surface area contributed by atoms with Crippen molar-refractivity contribution in [3.63, 3.8) is 0 Å². The van der Waals surface area contributed by atoms with Gasteiger partial charge in [-0.2, -0.15) is 5.10 Å². The lowest BCUT2D eigenvalue weighted by Gasteiger charge is -2.25. The summed E-state index contributed by atoms with van der Waals surface area (Å²) < 4.78 is 0. The summed E-state index contributed by atoms with van der Waals surface area (Å²) in [5.41, 5.74) is 2.14. The molecular weight excluding hydrogens is 274 g/mol. The third-order valence-electron chi connectivity index (χ3n) is 4.86. The van der Waals surface area contributed by atoms with Gasteiger partial charge in [-0.1, -0.05) is 6.07 Å². The number of likely N-dealkylation sites (tertiary alicyclic amines) is 1. The van der Waals surface area contributed by atoms with Crippen LogP contribution in [0.4, 0.5) is 5.82 Å². The van der Waals surface area contributed by atoms with Crippen molar-refractivity contribution in [2.75, 3.05) is 18.0 Å². The van der Waals surface area contributed by atoms with Crippen LogP contribution in [-0.2, 0) is 6.54 Å². The Morgan fingerprint density at radius 1 is 1.05 bits per heavy atom. The fourth-order valence-corrected chi connectivity index (χ4v) is 3.80. The molecule has 2 fully saturated rings. The number of nitrogens with zero attached hydrogens (tertiary/aromatic N) is 5. The summed E-state index contributed by atoms with van der Waals surface area (Å²) in [4.78, 5) is 9.48. The zero-order valence-corrected chi connectivity index (χ0v) is 12.9. The van der Waals surface area contributed by atoms with Gasteiger partial charge < -0.3 is 4.90 Å². The maximum absolute atomic E-state index is 4.47. The molecule has 2 atom stereocenters. The molecule has 0 bridgehead atoms. The van der Waals surface area contributed by atoms with Crippen molar-refractivity contribution in [1.82, 2.24) is 20.1 Å². The van der Waals surface area contributed by atoms with Gasteiger partial charge in [0.15, 0.2) is 5.82 Å². The fourth-order valence-electron chi connectivity index (χ4n) is 3.80. The number of pyridine rings is 1. The Balaban J connectivity index is 1.48. The van der Waals surface area contributed by atoms with Crippen LogP contribution in [0.1, 0.15) is 24.2 Å². The molecule has 0 spiro atoms. The number of rotatable bonds is 3. The van der Waals surface area contributed by atoms with Gasteiger partial charge in [-0.25, -0.2) is 0 Å². The Labute approximate surface area is 131 Å². The Morgan fingerprint density at radius 3 is 2.73 bits per heavy atom. The summed E-state index contributed by atoms with van der Waals surface area (Å²) >= 11 is 0. The van der Waals surface area contributed by atoms with Crippen LogP contribution in [0.15, 0.2) is 36.5 Å². The van der Waals surface area contributed by atoms with Gasteiger partial charge in [0.1, 0.15) is 0 Å². The fraction of sp³-hybridized carbons (Fsp3) is 0.471. The van der Waals surface area contributed by atoms with Crippen molar-refractivity contribution in [2.24, 2.45) is 0 Å². The van der Waals surface area contributed by atoms with Gasteiger partial charge >= 0.3 is 0 Å². The molecule has 22 heavy (non-hydrogen) atoms. The van der Waals surface area contributed by atoms with E-state index < -0.39 is 0 Å². The van der Waals surface area contributed by atoms with Crippen LogP contribution in [0.3, 0.4) is 0 Å². The summed E-state index contributed by atoms with van der Waals surface area (Å²) in [6.07, 6.45) is 4.28. The first kappa shape index (κ1) is 13.6. The number of anilines is 1. The number of fused-ring (bicyclic) bond motifs is 1. The van der Waals surface area contributed by atoms with E-state index in [1.165, 1.54) is 12.8 Å². The van der Waals surface area contributed by atoms with E-state index in [1.54, 1.807) is 0 Å². The summed E-state index contributed by atoms with van der Waals surface area (Å²) in [6.45, 7) is 5.15. The highest BCUT2D eigenvalue weighted by Gasteiger charge is 2.42. The Bertz CT molecular complexity index is 627. The number of hydrogen-bond acceptors (Lipinski definition) is 5. The van der Waals surface area contributed by atoms with Crippen molar-refractivity contribution in [2.45, 2.75) is 38.4 Å². The van der Waals surface area contributed by atoms with Gasteiger partial charge in [0.05, 0.1) is 11.4 Å². The quantitative estimate of drug-likeness (QED) is 0.867. The van der Waals surface area contributed by atoms with E-state index in [4.69, 9.17) is 0 Å². The first-order valence-electron chi connectivity index (χ1n) is 8.02. The first-order chi connectivity index (χ1) is 10.8. The molecule has 0 N–H and O–H groups in total. The van der Waals surface area contributed by atoms with Gasteiger partial charge in [-0.3, -0.25) is 9.88 Å². The van der Waals surface area contributed by atoms with Crippen molar-refractivity contribution < 1.29 is 0 Å².